The SMILES string of the molecule is CC(C)C(C(=O)N1CCN(Cc2cccc(Cl)c2Cl)CC1)N1CCCC1=O. The molecule has 0 aliphatic carbocycles. The van der Waals surface area contributed by atoms with E-state index in [2.05, 4.69) is 4.90 Å². The third-order valence-corrected chi connectivity index (χ3v) is 6.30. The van der Waals surface area contributed by atoms with Crippen LogP contribution in [0.2, 0.25) is 10.0 Å². The van der Waals surface area contributed by atoms with Gasteiger partial charge in [-0.3, -0.25) is 14.5 Å². The van der Waals surface area contributed by atoms with Crippen LogP contribution in [-0.2, 0) is 16.1 Å². The third-order valence-electron chi connectivity index (χ3n) is 5.44. The Kier molecular flexibility index (Phi) is 6.66. The Labute approximate surface area is 171 Å². The van der Waals surface area contributed by atoms with Crippen molar-refractivity contribution >= 4 is 35.0 Å². The molecule has 0 aromatic heterocycles. The van der Waals surface area contributed by atoms with Crippen molar-refractivity contribution in [1.82, 2.24) is 14.7 Å². The standard InChI is InChI=1S/C20H27Cl2N3O2/c1-14(2)19(25-8-4-7-17(25)26)20(27)24-11-9-23(10-12-24)13-15-5-3-6-16(21)18(15)22/h3,5-6,14,19H,4,7-13H2,1-2H3. The zero-order valence-electron chi connectivity index (χ0n) is 16.0. The topological polar surface area (TPSA) is 43.9 Å². The van der Waals surface area contributed by atoms with Crippen molar-refractivity contribution in [3.8, 4) is 0 Å². The van der Waals surface area contributed by atoms with Gasteiger partial charge in [-0.05, 0) is 24.0 Å². The largest absolute Gasteiger partial charge is 0.338 e. The van der Waals surface area contributed by atoms with Crippen molar-refractivity contribution in [1.29, 1.82) is 0 Å². The Morgan fingerprint density at radius 1 is 1.11 bits per heavy atom. The fraction of sp³-hybridized carbons (Fsp3) is 0.600. The summed E-state index contributed by atoms with van der Waals surface area (Å²) >= 11 is 12.4. The minimum absolute atomic E-state index is 0.0840. The van der Waals surface area contributed by atoms with Crippen molar-refractivity contribution < 1.29 is 9.59 Å². The van der Waals surface area contributed by atoms with Gasteiger partial charge in [0, 0.05) is 45.7 Å². The highest BCUT2D eigenvalue weighted by atomic mass is 35.5. The Balaban J connectivity index is 1.60. The monoisotopic (exact) mass is 411 g/mol. The summed E-state index contributed by atoms with van der Waals surface area (Å²) in [5, 5.41) is 1.17. The molecule has 2 saturated heterocycles. The van der Waals surface area contributed by atoms with Gasteiger partial charge in [-0.2, -0.15) is 0 Å². The zero-order chi connectivity index (χ0) is 19.6. The molecule has 0 spiro atoms. The van der Waals surface area contributed by atoms with Gasteiger partial charge in [-0.15, -0.1) is 0 Å². The Hall–Kier alpha value is -1.30. The van der Waals surface area contributed by atoms with Crippen molar-refractivity contribution in [2.45, 2.75) is 39.3 Å². The molecule has 0 saturated carbocycles. The smallest absolute Gasteiger partial charge is 0.245 e. The van der Waals surface area contributed by atoms with Crippen LogP contribution in [0, 0.1) is 5.92 Å². The number of carbonyl (C=O) groups is 2. The minimum atomic E-state index is -0.339. The van der Waals surface area contributed by atoms with Crippen molar-refractivity contribution in [3.05, 3.63) is 33.8 Å². The maximum atomic E-state index is 13.1. The lowest BCUT2D eigenvalue weighted by molar-refractivity contribution is -0.146. The van der Waals surface area contributed by atoms with Crippen LogP contribution in [-0.4, -0.2) is 65.3 Å². The summed E-state index contributed by atoms with van der Waals surface area (Å²) in [5.41, 5.74) is 1.01. The predicted molar refractivity (Wildman–Crippen MR) is 108 cm³/mol. The maximum absolute atomic E-state index is 13.1. The number of hydrogen-bond donors (Lipinski definition) is 0. The van der Waals surface area contributed by atoms with Crippen LogP contribution in [0.15, 0.2) is 18.2 Å². The fourth-order valence-corrected chi connectivity index (χ4v) is 4.35. The highest BCUT2D eigenvalue weighted by Gasteiger charge is 2.37. The van der Waals surface area contributed by atoms with E-state index in [0.717, 1.165) is 31.6 Å². The highest BCUT2D eigenvalue weighted by molar-refractivity contribution is 6.42. The van der Waals surface area contributed by atoms with E-state index in [1.807, 2.05) is 30.9 Å². The molecule has 27 heavy (non-hydrogen) atoms. The molecule has 2 amide bonds. The second kappa shape index (κ2) is 8.80. The maximum Gasteiger partial charge on any atom is 0.245 e. The minimum Gasteiger partial charge on any atom is -0.338 e. The number of nitrogens with zero attached hydrogens (tertiary/aromatic N) is 3. The molecular weight excluding hydrogens is 385 g/mol. The Bertz CT molecular complexity index is 702. The molecule has 0 bridgehead atoms. The van der Waals surface area contributed by atoms with E-state index in [-0.39, 0.29) is 23.8 Å². The summed E-state index contributed by atoms with van der Waals surface area (Å²) in [6.07, 6.45) is 1.41. The quantitative estimate of drug-likeness (QED) is 0.746. The van der Waals surface area contributed by atoms with Crippen LogP contribution in [0.25, 0.3) is 0 Å². The van der Waals surface area contributed by atoms with E-state index in [4.69, 9.17) is 23.2 Å². The highest BCUT2D eigenvalue weighted by Crippen LogP contribution is 2.27. The molecular formula is C20H27Cl2N3O2. The van der Waals surface area contributed by atoms with Crippen LogP contribution in [0.3, 0.4) is 0 Å². The Morgan fingerprint density at radius 3 is 2.41 bits per heavy atom. The van der Waals surface area contributed by atoms with Crippen LogP contribution in [0.1, 0.15) is 32.3 Å². The average Bonchev–Trinajstić information content (AvgIpc) is 3.05. The number of piperazine rings is 1. The van der Waals surface area contributed by atoms with Gasteiger partial charge in [0.05, 0.1) is 10.0 Å². The van der Waals surface area contributed by atoms with Crippen molar-refractivity contribution in [2.24, 2.45) is 5.92 Å². The fourth-order valence-electron chi connectivity index (χ4n) is 3.97. The van der Waals surface area contributed by atoms with Crippen LogP contribution >= 0.6 is 23.2 Å². The first-order valence-corrected chi connectivity index (χ1v) is 10.4. The molecule has 0 radical (unpaired) electrons. The van der Waals surface area contributed by atoms with Gasteiger partial charge in [0.25, 0.3) is 0 Å². The van der Waals surface area contributed by atoms with E-state index in [9.17, 15) is 9.59 Å². The molecule has 148 valence electrons. The second-order valence-corrected chi connectivity index (χ2v) is 8.48. The molecule has 2 aliphatic rings. The summed E-state index contributed by atoms with van der Waals surface area (Å²) in [6, 6.07) is 5.34. The summed E-state index contributed by atoms with van der Waals surface area (Å²) in [7, 11) is 0. The van der Waals surface area contributed by atoms with Crippen LogP contribution in [0.5, 0.6) is 0 Å². The van der Waals surface area contributed by atoms with Crippen LogP contribution in [0.4, 0.5) is 0 Å². The molecule has 2 heterocycles. The number of rotatable bonds is 5. The van der Waals surface area contributed by atoms with E-state index in [1.165, 1.54) is 0 Å². The van der Waals surface area contributed by atoms with Gasteiger partial charge in [0.2, 0.25) is 11.8 Å². The molecule has 1 unspecified atom stereocenters. The molecule has 1 aromatic rings. The van der Waals surface area contributed by atoms with E-state index < -0.39 is 0 Å². The Morgan fingerprint density at radius 2 is 1.81 bits per heavy atom. The van der Waals surface area contributed by atoms with Crippen molar-refractivity contribution in [3.63, 3.8) is 0 Å². The van der Waals surface area contributed by atoms with Gasteiger partial charge in [-0.25, -0.2) is 0 Å². The first kappa shape index (κ1) is 20.4. The van der Waals surface area contributed by atoms with Gasteiger partial charge < -0.3 is 9.80 Å². The van der Waals surface area contributed by atoms with Gasteiger partial charge in [-0.1, -0.05) is 49.2 Å². The van der Waals surface area contributed by atoms with Crippen molar-refractivity contribution in [2.75, 3.05) is 32.7 Å². The first-order chi connectivity index (χ1) is 12.9. The average molecular weight is 412 g/mol. The summed E-state index contributed by atoms with van der Waals surface area (Å²) in [5.74, 6) is 0.305. The number of hydrogen-bond acceptors (Lipinski definition) is 3. The molecule has 5 nitrogen and oxygen atoms in total. The number of amides is 2. The lowest BCUT2D eigenvalue weighted by Crippen LogP contribution is -2.56. The normalized spacial score (nSPS) is 19.8. The molecule has 2 aliphatic heterocycles. The molecule has 1 atom stereocenters. The molecule has 0 N–H and O–H groups in total. The molecule has 1 aromatic carbocycles. The molecule has 3 rings (SSSR count). The van der Waals surface area contributed by atoms with Gasteiger partial charge in [0.1, 0.15) is 6.04 Å². The number of carbonyl (C=O) groups excluding carboxylic acids is 2. The second-order valence-electron chi connectivity index (χ2n) is 7.69. The number of likely N-dealkylation sites (tertiary alicyclic amines) is 1. The van der Waals surface area contributed by atoms with E-state index >= 15 is 0 Å². The summed E-state index contributed by atoms with van der Waals surface area (Å²) in [6.45, 7) is 8.36. The van der Waals surface area contributed by atoms with Gasteiger partial charge >= 0.3 is 0 Å². The molecule has 7 heteroatoms. The number of halogens is 2. The first-order valence-electron chi connectivity index (χ1n) is 9.62. The van der Waals surface area contributed by atoms with E-state index in [1.54, 1.807) is 11.0 Å². The number of benzene rings is 1. The lowest BCUT2D eigenvalue weighted by Gasteiger charge is -2.39. The summed E-state index contributed by atoms with van der Waals surface area (Å²) < 4.78 is 0. The predicted octanol–water partition coefficient (Wildman–Crippen LogP) is 3.28. The zero-order valence-corrected chi connectivity index (χ0v) is 17.5. The lowest BCUT2D eigenvalue weighted by atomic mass is 10.0. The summed E-state index contributed by atoms with van der Waals surface area (Å²) in [4.78, 5) is 31.2. The van der Waals surface area contributed by atoms with Gasteiger partial charge in [0.15, 0.2) is 0 Å². The third kappa shape index (κ3) is 4.58. The van der Waals surface area contributed by atoms with E-state index in [0.29, 0.717) is 36.1 Å². The van der Waals surface area contributed by atoms with Crippen LogP contribution < -0.4 is 0 Å². The molecule has 2 fully saturated rings.